The van der Waals surface area contributed by atoms with E-state index in [1.165, 1.54) is 25.3 Å². The molecule has 0 radical (unpaired) electrons. The number of aromatic hydroxyl groups is 1. The molecule has 164 valence electrons. The number of benzene rings is 2. The second-order valence-electron chi connectivity index (χ2n) is 9.28. The Kier molecular flexibility index (Phi) is 6.26. The summed E-state index contributed by atoms with van der Waals surface area (Å²) < 4.78 is 29.0. The van der Waals surface area contributed by atoms with E-state index in [0.717, 1.165) is 0 Å². The number of hydrogen-bond acceptors (Lipinski definition) is 5. The van der Waals surface area contributed by atoms with E-state index in [2.05, 4.69) is 5.32 Å². The van der Waals surface area contributed by atoms with Gasteiger partial charge in [-0.25, -0.2) is 13.6 Å². The van der Waals surface area contributed by atoms with Gasteiger partial charge in [-0.15, -0.1) is 0 Å². The summed E-state index contributed by atoms with van der Waals surface area (Å²) in [5.74, 6) is -0.00326. The number of carbonyl (C=O) groups is 1. The van der Waals surface area contributed by atoms with Crippen LogP contribution in [0.4, 0.5) is 5.69 Å². The largest absolute Gasteiger partial charge is 0.507 e. The van der Waals surface area contributed by atoms with Crippen LogP contribution in [-0.2, 0) is 20.9 Å². The van der Waals surface area contributed by atoms with Crippen molar-refractivity contribution < 1.29 is 23.1 Å². The molecule has 0 atom stereocenters. The fourth-order valence-electron chi connectivity index (χ4n) is 3.09. The number of nitrogens with one attached hydrogen (secondary N) is 1. The van der Waals surface area contributed by atoms with Crippen LogP contribution in [0.5, 0.6) is 11.5 Å². The number of ether oxygens (including phenoxy) is 1. The Bertz CT molecular complexity index is 1040. The van der Waals surface area contributed by atoms with Crippen molar-refractivity contribution >= 4 is 21.6 Å². The SMILES string of the molecule is COc1ccc(S(N)(=O)=O)c(NC(=O)c2cc(C(C)(C)C)c(O)c(C(C)(C)C)c2)c1. The molecule has 0 spiro atoms. The van der Waals surface area contributed by atoms with Crippen molar-refractivity contribution in [2.45, 2.75) is 57.3 Å². The van der Waals surface area contributed by atoms with Crippen molar-refractivity contribution in [3.05, 3.63) is 47.0 Å². The van der Waals surface area contributed by atoms with E-state index in [4.69, 9.17) is 9.88 Å². The van der Waals surface area contributed by atoms with Crippen LogP contribution in [0.3, 0.4) is 0 Å². The molecule has 0 aliphatic heterocycles. The average molecular weight is 435 g/mol. The molecule has 0 fully saturated rings. The van der Waals surface area contributed by atoms with Crippen LogP contribution in [-0.4, -0.2) is 26.5 Å². The maximum Gasteiger partial charge on any atom is 0.255 e. The van der Waals surface area contributed by atoms with Crippen LogP contribution in [0.2, 0.25) is 0 Å². The molecule has 30 heavy (non-hydrogen) atoms. The highest BCUT2D eigenvalue weighted by atomic mass is 32.2. The minimum absolute atomic E-state index is 0.0181. The van der Waals surface area contributed by atoms with Crippen molar-refractivity contribution in [3.8, 4) is 11.5 Å². The number of amides is 1. The van der Waals surface area contributed by atoms with Gasteiger partial charge in [0.1, 0.15) is 16.4 Å². The molecule has 0 heterocycles. The van der Waals surface area contributed by atoms with Crippen LogP contribution >= 0.6 is 0 Å². The van der Waals surface area contributed by atoms with Crippen molar-refractivity contribution in [1.29, 1.82) is 0 Å². The maximum absolute atomic E-state index is 13.1. The summed E-state index contributed by atoms with van der Waals surface area (Å²) in [5.41, 5.74) is 0.731. The number of phenolic OH excluding ortho intramolecular Hbond substituents is 1. The fraction of sp³-hybridized carbons (Fsp3) is 0.409. The number of anilines is 1. The lowest BCUT2D eigenvalue weighted by molar-refractivity contribution is 0.102. The first-order valence-electron chi connectivity index (χ1n) is 9.46. The van der Waals surface area contributed by atoms with E-state index < -0.39 is 26.8 Å². The number of hydrogen-bond donors (Lipinski definition) is 3. The van der Waals surface area contributed by atoms with E-state index in [1.807, 2.05) is 41.5 Å². The summed E-state index contributed by atoms with van der Waals surface area (Å²) in [5, 5.41) is 18.7. The highest BCUT2D eigenvalue weighted by Crippen LogP contribution is 2.40. The molecule has 2 rings (SSSR count). The third-order valence-electron chi connectivity index (χ3n) is 4.73. The quantitative estimate of drug-likeness (QED) is 0.674. The highest BCUT2D eigenvalue weighted by Gasteiger charge is 2.28. The minimum atomic E-state index is -4.07. The van der Waals surface area contributed by atoms with Crippen molar-refractivity contribution in [2.24, 2.45) is 5.14 Å². The summed E-state index contributed by atoms with van der Waals surface area (Å²) in [7, 11) is -2.63. The number of carbonyl (C=O) groups excluding carboxylic acids is 1. The van der Waals surface area contributed by atoms with Crippen molar-refractivity contribution in [3.63, 3.8) is 0 Å². The second-order valence-corrected chi connectivity index (χ2v) is 10.8. The van der Waals surface area contributed by atoms with Gasteiger partial charge in [0.2, 0.25) is 10.0 Å². The Hall–Kier alpha value is -2.58. The van der Waals surface area contributed by atoms with Gasteiger partial charge in [-0.1, -0.05) is 41.5 Å². The lowest BCUT2D eigenvalue weighted by Gasteiger charge is -2.28. The van der Waals surface area contributed by atoms with Gasteiger partial charge in [0.05, 0.1) is 12.8 Å². The Morgan fingerprint density at radius 2 is 1.50 bits per heavy atom. The molecule has 0 saturated heterocycles. The maximum atomic E-state index is 13.1. The summed E-state index contributed by atoms with van der Waals surface area (Å²) in [4.78, 5) is 12.9. The molecule has 7 nitrogen and oxygen atoms in total. The molecule has 2 aromatic rings. The average Bonchev–Trinajstić information content (AvgIpc) is 2.58. The third-order valence-corrected chi connectivity index (χ3v) is 5.70. The first kappa shape index (κ1) is 23.7. The molecule has 4 N–H and O–H groups in total. The number of nitrogens with two attached hydrogens (primary N) is 1. The molecule has 8 heteroatoms. The second kappa shape index (κ2) is 7.92. The highest BCUT2D eigenvalue weighted by molar-refractivity contribution is 7.89. The molecule has 0 saturated carbocycles. The monoisotopic (exact) mass is 434 g/mol. The number of primary sulfonamides is 1. The smallest absolute Gasteiger partial charge is 0.255 e. The van der Waals surface area contributed by atoms with Crippen LogP contribution in [0.15, 0.2) is 35.2 Å². The van der Waals surface area contributed by atoms with Crippen molar-refractivity contribution in [1.82, 2.24) is 0 Å². The van der Waals surface area contributed by atoms with E-state index in [-0.39, 0.29) is 16.3 Å². The number of rotatable bonds is 4. The molecule has 0 bridgehead atoms. The van der Waals surface area contributed by atoms with Crippen LogP contribution in [0, 0.1) is 0 Å². The molecule has 0 unspecified atom stereocenters. The van der Waals surface area contributed by atoms with Gasteiger partial charge < -0.3 is 15.2 Å². The van der Waals surface area contributed by atoms with Gasteiger partial charge in [0, 0.05) is 22.8 Å². The third kappa shape index (κ3) is 5.12. The topological polar surface area (TPSA) is 119 Å². The molecule has 2 aromatic carbocycles. The Labute approximate surface area is 178 Å². The van der Waals surface area contributed by atoms with E-state index in [9.17, 15) is 18.3 Å². The van der Waals surface area contributed by atoms with Crippen LogP contribution in [0.25, 0.3) is 0 Å². The van der Waals surface area contributed by atoms with Gasteiger partial charge in [0.15, 0.2) is 0 Å². The van der Waals surface area contributed by atoms with Gasteiger partial charge in [-0.3, -0.25) is 4.79 Å². The standard InChI is InChI=1S/C22H30N2O5S/c1-21(2,3)15-10-13(11-16(19(15)25)22(4,5)6)20(26)24-17-12-14(29-7)8-9-18(17)30(23,27)28/h8-12,25H,1-7H3,(H,24,26)(H2,23,27,28). The summed E-state index contributed by atoms with van der Waals surface area (Å²) >= 11 is 0. The number of phenols is 1. The normalized spacial score (nSPS) is 12.5. The molecule has 1 amide bonds. The molecular formula is C22H30N2O5S. The van der Waals surface area contributed by atoms with E-state index in [1.54, 1.807) is 12.1 Å². The first-order chi connectivity index (χ1) is 13.6. The zero-order valence-corrected chi connectivity index (χ0v) is 19.3. The Morgan fingerprint density at radius 1 is 1.00 bits per heavy atom. The van der Waals surface area contributed by atoms with Crippen LogP contribution in [0.1, 0.15) is 63.0 Å². The van der Waals surface area contributed by atoms with E-state index in [0.29, 0.717) is 22.4 Å². The summed E-state index contributed by atoms with van der Waals surface area (Å²) in [6.07, 6.45) is 0. The lowest BCUT2D eigenvalue weighted by atomic mass is 9.78. The summed E-state index contributed by atoms with van der Waals surface area (Å²) in [6, 6.07) is 7.37. The van der Waals surface area contributed by atoms with Crippen molar-refractivity contribution in [2.75, 3.05) is 12.4 Å². The van der Waals surface area contributed by atoms with Gasteiger partial charge in [0.25, 0.3) is 5.91 Å². The molecule has 0 aliphatic rings. The predicted octanol–water partition coefficient (Wildman–Crippen LogP) is 3.90. The Balaban J connectivity index is 2.63. The molecule has 0 aliphatic carbocycles. The predicted molar refractivity (Wildman–Crippen MR) is 118 cm³/mol. The van der Waals surface area contributed by atoms with Gasteiger partial charge >= 0.3 is 0 Å². The van der Waals surface area contributed by atoms with Crippen LogP contribution < -0.4 is 15.2 Å². The number of methoxy groups -OCH3 is 1. The molecular weight excluding hydrogens is 404 g/mol. The zero-order chi connectivity index (χ0) is 23.1. The van der Waals surface area contributed by atoms with Gasteiger partial charge in [-0.05, 0) is 35.1 Å². The minimum Gasteiger partial charge on any atom is -0.507 e. The fourth-order valence-corrected chi connectivity index (χ4v) is 3.76. The number of sulfonamides is 1. The summed E-state index contributed by atoms with van der Waals surface area (Å²) in [6.45, 7) is 11.7. The molecule has 0 aromatic heterocycles. The first-order valence-corrected chi connectivity index (χ1v) is 11.0. The van der Waals surface area contributed by atoms with E-state index >= 15 is 0 Å². The zero-order valence-electron chi connectivity index (χ0n) is 18.5. The Morgan fingerprint density at radius 3 is 1.90 bits per heavy atom. The lowest BCUT2D eigenvalue weighted by Crippen LogP contribution is -2.22. The van der Waals surface area contributed by atoms with Gasteiger partial charge in [-0.2, -0.15) is 0 Å².